The normalized spacial score (nSPS) is 12.6. The fourth-order valence-corrected chi connectivity index (χ4v) is 2.65. The fourth-order valence-electron chi connectivity index (χ4n) is 2.17. The number of pyridine rings is 1. The maximum Gasteiger partial charge on any atom is 0.417 e. The van der Waals surface area contributed by atoms with Crippen LogP contribution in [-0.2, 0) is 11.0 Å². The number of halogens is 5. The summed E-state index contributed by atoms with van der Waals surface area (Å²) >= 11 is 12.0. The Hall–Kier alpha value is -2.32. The van der Waals surface area contributed by atoms with Gasteiger partial charge in [-0.25, -0.2) is 0 Å². The van der Waals surface area contributed by atoms with Gasteiger partial charge < -0.3 is 10.2 Å². The molecule has 2 aromatic rings. The molecule has 0 aliphatic heterocycles. The Kier molecular flexibility index (Phi) is 7.13. The number of nitrogens with one attached hydrogen (secondary N) is 1. The molecular weight excluding hydrogens is 430 g/mol. The molecule has 0 radical (unpaired) electrons. The van der Waals surface area contributed by atoms with Crippen LogP contribution in [0.25, 0.3) is 0 Å². The highest BCUT2D eigenvalue weighted by molar-refractivity contribution is 6.36. The Morgan fingerprint density at radius 3 is 2.45 bits per heavy atom. The molecule has 2 rings (SSSR count). The van der Waals surface area contributed by atoms with Crippen molar-refractivity contribution in [2.75, 3.05) is 6.54 Å². The van der Waals surface area contributed by atoms with Crippen molar-refractivity contribution < 1.29 is 22.8 Å². The summed E-state index contributed by atoms with van der Waals surface area (Å²) < 4.78 is 39.5. The van der Waals surface area contributed by atoms with Gasteiger partial charge in [0.25, 0.3) is 5.91 Å². The number of alkyl halides is 3. The van der Waals surface area contributed by atoms with Gasteiger partial charge in [0.1, 0.15) is 17.0 Å². The third-order valence-electron chi connectivity index (χ3n) is 3.40. The van der Waals surface area contributed by atoms with Crippen LogP contribution in [0, 0.1) is 0 Å². The molecule has 0 unspecified atom stereocenters. The van der Waals surface area contributed by atoms with Crippen LogP contribution in [0.15, 0.2) is 41.7 Å². The summed E-state index contributed by atoms with van der Waals surface area (Å²) in [5, 5.41) is 6.83. The minimum absolute atomic E-state index is 0.124. The lowest BCUT2D eigenvalue weighted by Crippen LogP contribution is -2.32. The van der Waals surface area contributed by atoms with Crippen LogP contribution >= 0.6 is 23.2 Å². The molecule has 1 heterocycles. The first-order chi connectivity index (χ1) is 13.4. The van der Waals surface area contributed by atoms with Gasteiger partial charge in [-0.2, -0.15) is 13.2 Å². The first-order valence-electron chi connectivity index (χ1n) is 8.39. The summed E-state index contributed by atoms with van der Waals surface area (Å²) in [5.41, 5.74) is -1.89. The largest absolute Gasteiger partial charge is 0.417 e. The number of nitrogens with zero attached hydrogens (tertiary/aromatic N) is 2. The zero-order valence-corrected chi connectivity index (χ0v) is 17.3. The van der Waals surface area contributed by atoms with Gasteiger partial charge in [-0.1, -0.05) is 40.5 Å². The zero-order valence-electron chi connectivity index (χ0n) is 15.8. The predicted octanol–water partition coefficient (Wildman–Crippen LogP) is 5.36. The first-order valence-corrected chi connectivity index (χ1v) is 9.15. The highest BCUT2D eigenvalue weighted by Gasteiger charge is 2.34. The summed E-state index contributed by atoms with van der Waals surface area (Å²) in [4.78, 5) is 21.9. The number of aromatic nitrogens is 1. The average Bonchev–Trinajstić information content (AvgIpc) is 2.61. The Bertz CT molecular complexity index is 926. The third kappa shape index (κ3) is 6.61. The van der Waals surface area contributed by atoms with E-state index in [1.165, 1.54) is 24.4 Å². The van der Waals surface area contributed by atoms with Crippen molar-refractivity contribution in [2.24, 2.45) is 5.16 Å². The molecule has 29 heavy (non-hydrogen) atoms. The maximum atomic E-state index is 13.2. The molecule has 0 atom stereocenters. The third-order valence-corrected chi connectivity index (χ3v) is 3.90. The highest BCUT2D eigenvalue weighted by atomic mass is 35.5. The fraction of sp³-hybridized carbons (Fsp3) is 0.316. The van der Waals surface area contributed by atoms with Gasteiger partial charge in [0.2, 0.25) is 0 Å². The lowest BCUT2D eigenvalue weighted by atomic mass is 10.1. The van der Waals surface area contributed by atoms with Gasteiger partial charge in [-0.15, -0.1) is 0 Å². The molecular formula is C19H18Cl2F3N3O2. The molecule has 0 aliphatic rings. The van der Waals surface area contributed by atoms with Crippen molar-refractivity contribution in [3.8, 4) is 0 Å². The SMILES string of the molecule is CC(C)(C)ON=C(CNC(=O)c1ccccc1C(F)(F)F)c1ncc(Cl)cc1Cl. The van der Waals surface area contributed by atoms with Crippen LogP contribution < -0.4 is 5.32 Å². The van der Waals surface area contributed by atoms with Gasteiger partial charge in [0, 0.05) is 6.20 Å². The Morgan fingerprint density at radius 2 is 1.86 bits per heavy atom. The molecule has 1 N–H and O–H groups in total. The average molecular weight is 448 g/mol. The van der Waals surface area contributed by atoms with Crippen molar-refractivity contribution in [3.63, 3.8) is 0 Å². The quantitative estimate of drug-likeness (QED) is 0.495. The second-order valence-corrected chi connectivity index (χ2v) is 7.80. The van der Waals surface area contributed by atoms with E-state index >= 15 is 0 Å². The van der Waals surface area contributed by atoms with Crippen LogP contribution in [-0.4, -0.2) is 28.7 Å². The van der Waals surface area contributed by atoms with Crippen molar-refractivity contribution in [1.29, 1.82) is 0 Å². The minimum Gasteiger partial charge on any atom is -0.390 e. The topological polar surface area (TPSA) is 63.6 Å². The molecule has 156 valence electrons. The van der Waals surface area contributed by atoms with Gasteiger partial charge in [0.15, 0.2) is 0 Å². The molecule has 0 spiro atoms. The predicted molar refractivity (Wildman–Crippen MR) is 105 cm³/mol. The summed E-state index contributed by atoms with van der Waals surface area (Å²) in [6.07, 6.45) is -3.34. The molecule has 0 fully saturated rings. The van der Waals surface area contributed by atoms with Crippen molar-refractivity contribution in [2.45, 2.75) is 32.5 Å². The van der Waals surface area contributed by atoms with Crippen molar-refractivity contribution in [3.05, 3.63) is 63.4 Å². The lowest BCUT2D eigenvalue weighted by molar-refractivity contribution is -0.137. The van der Waals surface area contributed by atoms with E-state index in [1.54, 1.807) is 20.8 Å². The smallest absolute Gasteiger partial charge is 0.390 e. The van der Waals surface area contributed by atoms with E-state index in [9.17, 15) is 18.0 Å². The number of benzene rings is 1. The van der Waals surface area contributed by atoms with E-state index in [2.05, 4.69) is 15.5 Å². The van der Waals surface area contributed by atoms with Crippen LogP contribution in [0.1, 0.15) is 42.4 Å². The summed E-state index contributed by atoms with van der Waals surface area (Å²) in [5.74, 6) is -0.925. The molecule has 1 amide bonds. The summed E-state index contributed by atoms with van der Waals surface area (Å²) in [6, 6.07) is 5.91. The molecule has 0 bridgehead atoms. The number of carbonyl (C=O) groups is 1. The lowest BCUT2D eigenvalue weighted by Gasteiger charge is -2.18. The molecule has 0 aliphatic carbocycles. The van der Waals surface area contributed by atoms with Crippen LogP contribution in [0.3, 0.4) is 0 Å². The number of amides is 1. The van der Waals surface area contributed by atoms with Crippen molar-refractivity contribution >= 4 is 34.8 Å². The summed E-state index contributed by atoms with van der Waals surface area (Å²) in [7, 11) is 0. The zero-order chi connectivity index (χ0) is 21.8. The highest BCUT2D eigenvalue weighted by Crippen LogP contribution is 2.31. The molecule has 5 nitrogen and oxygen atoms in total. The van der Waals surface area contributed by atoms with Gasteiger partial charge in [0.05, 0.1) is 27.7 Å². The number of hydrogen-bond donors (Lipinski definition) is 1. The molecule has 1 aromatic heterocycles. The monoisotopic (exact) mass is 447 g/mol. The van der Waals surface area contributed by atoms with E-state index in [0.29, 0.717) is 0 Å². The number of oxime groups is 1. The minimum atomic E-state index is -4.67. The Morgan fingerprint density at radius 1 is 1.21 bits per heavy atom. The van der Waals surface area contributed by atoms with Crippen molar-refractivity contribution in [1.82, 2.24) is 10.3 Å². The van der Waals surface area contributed by atoms with Gasteiger partial charge in [-0.05, 0) is 39.0 Å². The first kappa shape index (κ1) is 23.0. The van der Waals surface area contributed by atoms with E-state index in [4.69, 9.17) is 28.0 Å². The van der Waals surface area contributed by atoms with Gasteiger partial charge in [-0.3, -0.25) is 9.78 Å². The van der Waals surface area contributed by atoms with Crippen LogP contribution in [0.2, 0.25) is 10.0 Å². The summed E-state index contributed by atoms with van der Waals surface area (Å²) in [6.45, 7) is 4.99. The molecule has 0 saturated heterocycles. The number of rotatable bonds is 5. The van der Waals surface area contributed by atoms with Crippen LogP contribution in [0.5, 0.6) is 0 Å². The van der Waals surface area contributed by atoms with Gasteiger partial charge >= 0.3 is 6.18 Å². The van der Waals surface area contributed by atoms with E-state index in [-0.39, 0.29) is 28.0 Å². The Labute approximate surface area is 175 Å². The van der Waals surface area contributed by atoms with E-state index in [0.717, 1.165) is 12.1 Å². The Balaban J connectivity index is 2.30. The van der Waals surface area contributed by atoms with E-state index < -0.39 is 28.8 Å². The second-order valence-electron chi connectivity index (χ2n) is 6.95. The molecule has 1 aromatic carbocycles. The standard InChI is InChI=1S/C19H18Cl2F3N3O2/c1-18(2,3)29-27-15(16-14(21)8-11(20)9-25-16)10-26-17(28)12-6-4-5-7-13(12)19(22,23)24/h4-9H,10H2,1-3H3,(H,26,28). The van der Waals surface area contributed by atoms with Crippen LogP contribution in [0.4, 0.5) is 13.2 Å². The maximum absolute atomic E-state index is 13.2. The molecule has 10 heteroatoms. The van der Waals surface area contributed by atoms with E-state index in [1.807, 2.05) is 0 Å². The molecule has 0 saturated carbocycles. The second kappa shape index (κ2) is 9.00. The number of hydrogen-bond acceptors (Lipinski definition) is 4. The number of carbonyl (C=O) groups excluding carboxylic acids is 1.